The molecule has 0 saturated carbocycles. The number of benzene rings is 3. The van der Waals surface area contributed by atoms with Crippen LogP contribution in [0.1, 0.15) is 11.1 Å². The fraction of sp³-hybridized carbons (Fsp3) is 0.0833. The van der Waals surface area contributed by atoms with E-state index in [-0.39, 0.29) is 30.7 Å². The number of carbonyl (C=O) groups is 2. The molecule has 1 aliphatic heterocycles. The summed E-state index contributed by atoms with van der Waals surface area (Å²) in [6.07, 6.45) is 1.74. The van der Waals surface area contributed by atoms with Gasteiger partial charge < -0.3 is 5.32 Å². The first-order valence-electron chi connectivity index (χ1n) is 9.57. The molecule has 31 heavy (non-hydrogen) atoms. The Morgan fingerprint density at radius 3 is 2.52 bits per heavy atom. The quantitative estimate of drug-likeness (QED) is 0.536. The van der Waals surface area contributed by atoms with Crippen molar-refractivity contribution in [3.8, 4) is 0 Å². The van der Waals surface area contributed by atoms with E-state index in [2.05, 4.69) is 5.32 Å². The molecule has 0 spiro atoms. The molecule has 0 unspecified atom stereocenters. The Hall–Kier alpha value is -3.09. The number of nitrogens with one attached hydrogen (secondary N) is 1. The molecule has 0 bridgehead atoms. The van der Waals surface area contributed by atoms with Crippen molar-refractivity contribution < 1.29 is 14.0 Å². The Kier molecular flexibility index (Phi) is 6.39. The number of fused-ring (bicyclic) bond motifs is 1. The van der Waals surface area contributed by atoms with Gasteiger partial charge >= 0.3 is 0 Å². The van der Waals surface area contributed by atoms with E-state index >= 15 is 0 Å². The van der Waals surface area contributed by atoms with Gasteiger partial charge in [-0.25, -0.2) is 4.39 Å². The molecule has 1 heterocycles. The maximum Gasteiger partial charge on any atom is 0.265 e. The third kappa shape index (κ3) is 4.98. The van der Waals surface area contributed by atoms with Gasteiger partial charge in [0.25, 0.3) is 5.91 Å². The Morgan fingerprint density at radius 1 is 1.03 bits per heavy atom. The lowest BCUT2D eigenvalue weighted by Crippen LogP contribution is -2.42. The van der Waals surface area contributed by atoms with Crippen LogP contribution in [0.25, 0.3) is 6.08 Å². The van der Waals surface area contributed by atoms with Crippen molar-refractivity contribution in [1.29, 1.82) is 0 Å². The summed E-state index contributed by atoms with van der Waals surface area (Å²) in [4.78, 5) is 28.7. The predicted molar refractivity (Wildman–Crippen MR) is 122 cm³/mol. The number of hydrogen-bond donors (Lipinski definition) is 1. The van der Waals surface area contributed by atoms with Crippen molar-refractivity contribution in [2.24, 2.45) is 0 Å². The van der Waals surface area contributed by atoms with E-state index in [1.807, 2.05) is 42.5 Å². The second-order valence-corrected chi connectivity index (χ2v) is 8.39. The molecular formula is C24H18ClFN2O2S. The molecule has 0 radical (unpaired) electrons. The standard InChI is InChI=1S/C24H18ClFN2O2S/c25-19-6-2-1-5-17(19)13-22-24(30)28(20-7-3-4-8-21(20)31-22)15-23(29)27-14-16-9-11-18(26)12-10-16/h1-13H,14-15H2,(H,27,29). The third-order valence-electron chi connectivity index (χ3n) is 4.73. The Bertz CT molecular complexity index is 1160. The van der Waals surface area contributed by atoms with E-state index < -0.39 is 0 Å². The second kappa shape index (κ2) is 9.37. The minimum absolute atomic E-state index is 0.128. The van der Waals surface area contributed by atoms with Crippen molar-refractivity contribution >= 4 is 46.9 Å². The van der Waals surface area contributed by atoms with Gasteiger partial charge in [0.2, 0.25) is 5.91 Å². The zero-order chi connectivity index (χ0) is 21.8. The van der Waals surface area contributed by atoms with Gasteiger partial charge in [0.1, 0.15) is 12.4 Å². The first kappa shape index (κ1) is 21.2. The first-order chi connectivity index (χ1) is 15.0. The van der Waals surface area contributed by atoms with Gasteiger partial charge in [0.05, 0.1) is 10.6 Å². The SMILES string of the molecule is O=C(CN1C(=O)C(=Cc2ccccc2Cl)Sc2ccccc21)NCc1ccc(F)cc1. The topological polar surface area (TPSA) is 49.4 Å². The van der Waals surface area contributed by atoms with Crippen molar-refractivity contribution in [2.45, 2.75) is 11.4 Å². The lowest BCUT2D eigenvalue weighted by Gasteiger charge is -2.29. The smallest absolute Gasteiger partial charge is 0.265 e. The zero-order valence-electron chi connectivity index (χ0n) is 16.3. The number of hydrogen-bond acceptors (Lipinski definition) is 3. The van der Waals surface area contributed by atoms with Crippen LogP contribution in [-0.4, -0.2) is 18.4 Å². The van der Waals surface area contributed by atoms with E-state index in [4.69, 9.17) is 11.6 Å². The summed E-state index contributed by atoms with van der Waals surface area (Å²) < 4.78 is 13.0. The molecule has 0 aliphatic carbocycles. The molecule has 1 N–H and O–H groups in total. The molecule has 0 fully saturated rings. The second-order valence-electron chi connectivity index (χ2n) is 6.89. The van der Waals surface area contributed by atoms with Gasteiger partial charge in [-0.3, -0.25) is 14.5 Å². The summed E-state index contributed by atoms with van der Waals surface area (Å²) in [6, 6.07) is 20.6. The van der Waals surface area contributed by atoms with Crippen LogP contribution in [0.2, 0.25) is 5.02 Å². The number of rotatable bonds is 5. The number of halogens is 2. The molecule has 7 heteroatoms. The van der Waals surface area contributed by atoms with Gasteiger partial charge in [0.15, 0.2) is 0 Å². The Balaban J connectivity index is 1.55. The lowest BCUT2D eigenvalue weighted by molar-refractivity contribution is -0.122. The summed E-state index contributed by atoms with van der Waals surface area (Å²) >= 11 is 7.61. The van der Waals surface area contributed by atoms with Crippen molar-refractivity contribution in [3.63, 3.8) is 0 Å². The summed E-state index contributed by atoms with van der Waals surface area (Å²) in [5.74, 6) is -0.905. The first-order valence-corrected chi connectivity index (χ1v) is 10.8. The van der Waals surface area contributed by atoms with E-state index in [9.17, 15) is 14.0 Å². The third-order valence-corrected chi connectivity index (χ3v) is 6.15. The number of anilines is 1. The van der Waals surface area contributed by atoms with Gasteiger partial charge in [0, 0.05) is 16.5 Å². The monoisotopic (exact) mass is 452 g/mol. The van der Waals surface area contributed by atoms with Crippen LogP contribution in [0.3, 0.4) is 0 Å². The van der Waals surface area contributed by atoms with Crippen molar-refractivity contribution in [3.05, 3.63) is 99.7 Å². The van der Waals surface area contributed by atoms with Crippen LogP contribution in [0, 0.1) is 5.82 Å². The summed E-state index contributed by atoms with van der Waals surface area (Å²) in [5.41, 5.74) is 2.20. The number of carbonyl (C=O) groups excluding carboxylic acids is 2. The van der Waals surface area contributed by atoms with Gasteiger partial charge in [-0.1, -0.05) is 65.8 Å². The summed E-state index contributed by atoms with van der Waals surface area (Å²) in [5, 5.41) is 3.34. The fourth-order valence-corrected chi connectivity index (χ4v) is 4.39. The van der Waals surface area contributed by atoms with E-state index in [0.29, 0.717) is 15.6 Å². The average Bonchev–Trinajstić information content (AvgIpc) is 2.77. The van der Waals surface area contributed by atoms with Crippen LogP contribution in [-0.2, 0) is 16.1 Å². The van der Waals surface area contributed by atoms with Crippen LogP contribution < -0.4 is 10.2 Å². The molecule has 0 atom stereocenters. The lowest BCUT2D eigenvalue weighted by atomic mass is 10.2. The Labute approximate surface area is 188 Å². The molecule has 3 aromatic rings. The number of para-hydroxylation sites is 1. The number of nitrogens with zero attached hydrogens (tertiary/aromatic N) is 1. The molecule has 4 nitrogen and oxygen atoms in total. The highest BCUT2D eigenvalue weighted by molar-refractivity contribution is 8.04. The van der Waals surface area contributed by atoms with Crippen LogP contribution >= 0.6 is 23.4 Å². The molecule has 1 aliphatic rings. The normalized spacial score (nSPS) is 14.5. The minimum Gasteiger partial charge on any atom is -0.350 e. The molecular weight excluding hydrogens is 435 g/mol. The zero-order valence-corrected chi connectivity index (χ0v) is 17.9. The fourth-order valence-electron chi connectivity index (χ4n) is 3.15. The molecule has 4 rings (SSSR count). The Morgan fingerprint density at radius 2 is 1.74 bits per heavy atom. The predicted octanol–water partition coefficient (Wildman–Crippen LogP) is 5.28. The molecule has 0 saturated heterocycles. The van der Waals surface area contributed by atoms with Crippen LogP contribution in [0.5, 0.6) is 0 Å². The van der Waals surface area contributed by atoms with Gasteiger partial charge in [-0.15, -0.1) is 0 Å². The average molecular weight is 453 g/mol. The highest BCUT2D eigenvalue weighted by Gasteiger charge is 2.30. The van der Waals surface area contributed by atoms with Crippen LogP contribution in [0.4, 0.5) is 10.1 Å². The minimum atomic E-state index is -0.332. The van der Waals surface area contributed by atoms with E-state index in [1.54, 1.807) is 24.3 Å². The summed E-state index contributed by atoms with van der Waals surface area (Å²) in [6.45, 7) is 0.122. The maximum absolute atomic E-state index is 13.2. The van der Waals surface area contributed by atoms with Crippen LogP contribution in [0.15, 0.2) is 82.6 Å². The number of amides is 2. The van der Waals surface area contributed by atoms with Crippen molar-refractivity contribution in [1.82, 2.24) is 5.32 Å². The highest BCUT2D eigenvalue weighted by atomic mass is 35.5. The molecule has 156 valence electrons. The highest BCUT2D eigenvalue weighted by Crippen LogP contribution is 2.42. The molecule has 0 aromatic heterocycles. The molecule has 2 amide bonds. The molecule has 3 aromatic carbocycles. The van der Waals surface area contributed by atoms with Gasteiger partial charge in [-0.2, -0.15) is 0 Å². The van der Waals surface area contributed by atoms with Crippen molar-refractivity contribution in [2.75, 3.05) is 11.4 Å². The van der Waals surface area contributed by atoms with E-state index in [0.717, 1.165) is 16.0 Å². The number of thioether (sulfide) groups is 1. The maximum atomic E-state index is 13.2. The van der Waals surface area contributed by atoms with Gasteiger partial charge in [-0.05, 0) is 47.5 Å². The summed E-state index contributed by atoms with van der Waals surface area (Å²) in [7, 11) is 0. The van der Waals surface area contributed by atoms with E-state index in [1.165, 1.54) is 28.8 Å². The largest absolute Gasteiger partial charge is 0.350 e.